The number of halogens is 1. The molecule has 0 atom stereocenters. The van der Waals surface area contributed by atoms with Crippen LogP contribution in [0.5, 0.6) is 0 Å². The molecular formula is C14H20BrNO3S. The van der Waals surface area contributed by atoms with E-state index >= 15 is 0 Å². The molecule has 112 valence electrons. The van der Waals surface area contributed by atoms with Gasteiger partial charge < -0.3 is 15.5 Å². The molecule has 1 fully saturated rings. The minimum absolute atomic E-state index is 0.279. The fourth-order valence-electron chi connectivity index (χ4n) is 2.60. The maximum atomic E-state index is 10.9. The molecule has 3 N–H and O–H groups in total. The van der Waals surface area contributed by atoms with Crippen LogP contribution in [-0.2, 0) is 11.2 Å². The Morgan fingerprint density at radius 1 is 1.45 bits per heavy atom. The van der Waals surface area contributed by atoms with Crippen LogP contribution in [-0.4, -0.2) is 34.9 Å². The van der Waals surface area contributed by atoms with Gasteiger partial charge >= 0.3 is 5.97 Å². The summed E-state index contributed by atoms with van der Waals surface area (Å²) >= 11 is 5.16. The van der Waals surface area contributed by atoms with E-state index in [9.17, 15) is 9.90 Å². The predicted octanol–water partition coefficient (Wildman–Crippen LogP) is 2.65. The Labute approximate surface area is 131 Å². The van der Waals surface area contributed by atoms with Crippen LogP contribution in [0.3, 0.4) is 0 Å². The lowest BCUT2D eigenvalue weighted by molar-refractivity contribution is -0.144. The van der Waals surface area contributed by atoms with Crippen molar-refractivity contribution in [3.8, 4) is 0 Å². The van der Waals surface area contributed by atoms with Crippen LogP contribution in [0, 0.1) is 5.92 Å². The summed E-state index contributed by atoms with van der Waals surface area (Å²) in [7, 11) is 0. The van der Waals surface area contributed by atoms with Crippen molar-refractivity contribution < 1.29 is 15.0 Å². The van der Waals surface area contributed by atoms with Crippen molar-refractivity contribution in [3.05, 3.63) is 20.8 Å². The number of aliphatic hydroxyl groups is 1. The smallest absolute Gasteiger partial charge is 0.306 e. The molecule has 0 spiro atoms. The van der Waals surface area contributed by atoms with Crippen molar-refractivity contribution in [2.45, 2.75) is 37.7 Å². The number of thiophene rings is 1. The Bertz CT molecular complexity index is 455. The lowest BCUT2D eigenvalue weighted by Crippen LogP contribution is -2.44. The zero-order chi connectivity index (χ0) is 14.6. The molecule has 1 aromatic heterocycles. The van der Waals surface area contributed by atoms with Crippen molar-refractivity contribution in [1.82, 2.24) is 5.32 Å². The molecule has 1 aliphatic rings. The van der Waals surface area contributed by atoms with Crippen LogP contribution in [0.25, 0.3) is 0 Å². The van der Waals surface area contributed by atoms with Crippen LogP contribution in [0.1, 0.15) is 30.6 Å². The summed E-state index contributed by atoms with van der Waals surface area (Å²) < 4.78 is 1.14. The fourth-order valence-corrected chi connectivity index (χ4v) is 4.08. The predicted molar refractivity (Wildman–Crippen MR) is 83.1 cm³/mol. The molecule has 1 aliphatic carbocycles. The maximum absolute atomic E-state index is 10.9. The lowest BCUT2D eigenvalue weighted by atomic mass is 9.79. The van der Waals surface area contributed by atoms with Gasteiger partial charge in [0.1, 0.15) is 0 Å². The Hall–Kier alpha value is -0.430. The first-order valence-electron chi connectivity index (χ1n) is 6.89. The van der Waals surface area contributed by atoms with E-state index < -0.39 is 11.6 Å². The molecule has 0 saturated heterocycles. The molecule has 0 bridgehead atoms. The van der Waals surface area contributed by atoms with E-state index in [-0.39, 0.29) is 5.92 Å². The van der Waals surface area contributed by atoms with Gasteiger partial charge in [0, 0.05) is 18.0 Å². The van der Waals surface area contributed by atoms with Gasteiger partial charge in [0.2, 0.25) is 0 Å². The maximum Gasteiger partial charge on any atom is 0.306 e. The van der Waals surface area contributed by atoms with Gasteiger partial charge in [-0.05, 0) is 60.2 Å². The molecule has 0 aliphatic heterocycles. The summed E-state index contributed by atoms with van der Waals surface area (Å²) in [6.45, 7) is 1.38. The summed E-state index contributed by atoms with van der Waals surface area (Å²) in [6.07, 6.45) is 3.24. The fraction of sp³-hybridized carbons (Fsp3) is 0.643. The van der Waals surface area contributed by atoms with Crippen molar-refractivity contribution in [2.75, 3.05) is 13.1 Å². The van der Waals surface area contributed by atoms with Gasteiger partial charge in [0.25, 0.3) is 0 Å². The molecule has 0 amide bonds. The Balaban J connectivity index is 1.67. The number of carbonyl (C=O) groups is 1. The normalized spacial score (nSPS) is 26.6. The molecule has 0 unspecified atom stereocenters. The molecule has 1 aromatic rings. The van der Waals surface area contributed by atoms with Gasteiger partial charge in [-0.2, -0.15) is 0 Å². The molecule has 20 heavy (non-hydrogen) atoms. The van der Waals surface area contributed by atoms with E-state index in [4.69, 9.17) is 5.11 Å². The summed E-state index contributed by atoms with van der Waals surface area (Å²) in [6, 6.07) is 4.14. The number of hydrogen-bond donors (Lipinski definition) is 3. The van der Waals surface area contributed by atoms with Gasteiger partial charge in [-0.25, -0.2) is 0 Å². The van der Waals surface area contributed by atoms with Crippen molar-refractivity contribution >= 4 is 33.2 Å². The van der Waals surface area contributed by atoms with Gasteiger partial charge in [-0.15, -0.1) is 11.3 Å². The van der Waals surface area contributed by atoms with E-state index in [1.165, 1.54) is 4.88 Å². The highest BCUT2D eigenvalue weighted by atomic mass is 79.9. The van der Waals surface area contributed by atoms with Crippen molar-refractivity contribution in [2.24, 2.45) is 5.92 Å². The average Bonchev–Trinajstić information content (AvgIpc) is 2.81. The summed E-state index contributed by atoms with van der Waals surface area (Å²) in [4.78, 5) is 12.2. The lowest BCUT2D eigenvalue weighted by Gasteiger charge is -2.34. The number of nitrogens with one attached hydrogen (secondary N) is 1. The van der Waals surface area contributed by atoms with Crippen molar-refractivity contribution in [1.29, 1.82) is 0 Å². The summed E-state index contributed by atoms with van der Waals surface area (Å²) in [5.74, 6) is -1.01. The SMILES string of the molecule is O=C(O)C1CCC(O)(CNCCc2ccc(Br)s2)CC1. The quantitative estimate of drug-likeness (QED) is 0.681. The first-order valence-corrected chi connectivity index (χ1v) is 8.50. The standard InChI is InChI=1S/C14H20BrNO3S/c15-12-2-1-11(20-12)5-8-16-9-14(19)6-3-10(4-7-14)13(17)18/h1-2,10,16,19H,3-9H2,(H,17,18). The topological polar surface area (TPSA) is 69.6 Å². The van der Waals surface area contributed by atoms with Crippen LogP contribution in [0.2, 0.25) is 0 Å². The minimum atomic E-state index is -0.734. The van der Waals surface area contributed by atoms with Crippen LogP contribution < -0.4 is 5.32 Å². The van der Waals surface area contributed by atoms with E-state index in [2.05, 4.69) is 27.3 Å². The molecule has 1 saturated carbocycles. The third-order valence-corrected chi connectivity index (χ3v) is 5.58. The molecular weight excluding hydrogens is 342 g/mol. The number of carboxylic acid groups (broad SMARTS) is 1. The Morgan fingerprint density at radius 2 is 2.15 bits per heavy atom. The zero-order valence-corrected chi connectivity index (χ0v) is 13.7. The molecule has 0 aromatic carbocycles. The van der Waals surface area contributed by atoms with Gasteiger partial charge in [-0.3, -0.25) is 4.79 Å². The van der Waals surface area contributed by atoms with Gasteiger partial charge in [-0.1, -0.05) is 0 Å². The van der Waals surface area contributed by atoms with E-state index in [1.54, 1.807) is 11.3 Å². The highest BCUT2D eigenvalue weighted by Gasteiger charge is 2.35. The largest absolute Gasteiger partial charge is 0.481 e. The molecule has 1 heterocycles. The first-order chi connectivity index (χ1) is 9.48. The minimum Gasteiger partial charge on any atom is -0.481 e. The third-order valence-electron chi connectivity index (χ3n) is 3.90. The molecule has 4 nitrogen and oxygen atoms in total. The number of rotatable bonds is 6. The molecule has 2 rings (SSSR count). The number of carboxylic acids is 1. The highest BCUT2D eigenvalue weighted by molar-refractivity contribution is 9.11. The Kier molecular flexibility index (Phi) is 5.60. The zero-order valence-electron chi connectivity index (χ0n) is 11.3. The number of aliphatic carboxylic acids is 1. The second-order valence-electron chi connectivity index (χ2n) is 5.47. The van der Waals surface area contributed by atoms with Crippen LogP contribution in [0.4, 0.5) is 0 Å². The first kappa shape index (κ1) is 15.9. The third kappa shape index (κ3) is 4.55. The van der Waals surface area contributed by atoms with Crippen LogP contribution in [0.15, 0.2) is 15.9 Å². The van der Waals surface area contributed by atoms with Gasteiger partial charge in [0.15, 0.2) is 0 Å². The van der Waals surface area contributed by atoms with E-state index in [0.29, 0.717) is 32.2 Å². The van der Waals surface area contributed by atoms with E-state index in [0.717, 1.165) is 16.8 Å². The van der Waals surface area contributed by atoms with Crippen molar-refractivity contribution in [3.63, 3.8) is 0 Å². The summed E-state index contributed by atoms with van der Waals surface area (Å²) in [5, 5.41) is 22.7. The average molecular weight is 362 g/mol. The molecule has 0 radical (unpaired) electrons. The monoisotopic (exact) mass is 361 g/mol. The van der Waals surface area contributed by atoms with Crippen LogP contribution >= 0.6 is 27.3 Å². The second kappa shape index (κ2) is 7.02. The van der Waals surface area contributed by atoms with Gasteiger partial charge in [0.05, 0.1) is 15.3 Å². The number of hydrogen-bond acceptors (Lipinski definition) is 4. The van der Waals surface area contributed by atoms with E-state index in [1.807, 2.05) is 6.07 Å². The Morgan fingerprint density at radius 3 is 2.70 bits per heavy atom. The molecule has 6 heteroatoms. The summed E-state index contributed by atoms with van der Waals surface area (Å²) in [5.41, 5.74) is -0.734. The second-order valence-corrected chi connectivity index (χ2v) is 8.02. The highest BCUT2D eigenvalue weighted by Crippen LogP contribution is 2.31.